The van der Waals surface area contributed by atoms with Crippen LogP contribution in [0.5, 0.6) is 0 Å². The average Bonchev–Trinajstić information content (AvgIpc) is 3.10. The largest absolute Gasteiger partial charge is 0.354 e. The molecule has 0 aliphatic carbocycles. The molecular weight excluding hydrogens is 257 g/mol. The Balaban J connectivity index is 2.02. The summed E-state index contributed by atoms with van der Waals surface area (Å²) < 4.78 is 15.8. The Morgan fingerprint density at radius 2 is 2.00 bits per heavy atom. The second-order valence-corrected chi connectivity index (χ2v) is 5.31. The van der Waals surface area contributed by atoms with Gasteiger partial charge in [-0.1, -0.05) is 0 Å². The van der Waals surface area contributed by atoms with Gasteiger partial charge in [0.25, 0.3) is 0 Å². The first-order valence-electron chi connectivity index (χ1n) is 6.98. The van der Waals surface area contributed by atoms with Crippen molar-refractivity contribution < 1.29 is 4.39 Å². The zero-order chi connectivity index (χ0) is 14.1. The second-order valence-electron chi connectivity index (χ2n) is 5.31. The summed E-state index contributed by atoms with van der Waals surface area (Å²) in [5.41, 5.74) is 0.820. The first-order valence-corrected chi connectivity index (χ1v) is 6.98. The fourth-order valence-electron chi connectivity index (χ4n) is 2.54. The maximum absolute atomic E-state index is 13.9. The van der Waals surface area contributed by atoms with E-state index in [4.69, 9.17) is 0 Å². The van der Waals surface area contributed by atoms with E-state index < -0.39 is 0 Å². The third-order valence-corrected chi connectivity index (χ3v) is 3.52. The smallest absolute Gasteiger partial charge is 0.183 e. The summed E-state index contributed by atoms with van der Waals surface area (Å²) in [6.45, 7) is 5.80. The molecule has 0 N–H and O–H groups in total. The van der Waals surface area contributed by atoms with E-state index in [-0.39, 0.29) is 11.9 Å². The Kier molecular flexibility index (Phi) is 3.38. The van der Waals surface area contributed by atoms with E-state index in [1.54, 1.807) is 6.20 Å². The molecule has 0 amide bonds. The van der Waals surface area contributed by atoms with Gasteiger partial charge in [-0.2, -0.15) is 5.10 Å². The van der Waals surface area contributed by atoms with Crippen molar-refractivity contribution in [2.75, 3.05) is 18.0 Å². The molecule has 0 spiro atoms. The number of hydrogen-bond acceptors (Lipinski definition) is 4. The summed E-state index contributed by atoms with van der Waals surface area (Å²) in [5.74, 6) is 0.578. The fourth-order valence-corrected chi connectivity index (χ4v) is 2.54. The Bertz CT molecular complexity index is 601. The molecule has 1 aliphatic heterocycles. The van der Waals surface area contributed by atoms with Gasteiger partial charge in [0.05, 0.1) is 6.20 Å². The van der Waals surface area contributed by atoms with Crippen molar-refractivity contribution in [3.8, 4) is 11.5 Å². The van der Waals surface area contributed by atoms with Gasteiger partial charge in [0.1, 0.15) is 5.69 Å². The maximum atomic E-state index is 13.9. The lowest BCUT2D eigenvalue weighted by atomic mass is 10.3. The molecule has 106 valence electrons. The second kappa shape index (κ2) is 5.19. The van der Waals surface area contributed by atoms with Crippen LogP contribution in [0.1, 0.15) is 32.7 Å². The lowest BCUT2D eigenvalue weighted by molar-refractivity contribution is 0.536. The number of rotatable bonds is 3. The standard InChI is InChI=1S/C14H18FN5/c1-10(2)20-12(5-6-17-20)13-16-9-11(15)14(18-13)19-7-3-4-8-19/h5-6,9-10H,3-4,7-8H2,1-2H3. The molecule has 3 rings (SSSR count). The molecule has 0 aromatic carbocycles. The van der Waals surface area contributed by atoms with Gasteiger partial charge in [0.15, 0.2) is 17.5 Å². The molecule has 1 fully saturated rings. The van der Waals surface area contributed by atoms with E-state index in [1.165, 1.54) is 6.20 Å². The number of aromatic nitrogens is 4. The van der Waals surface area contributed by atoms with Gasteiger partial charge in [-0.3, -0.25) is 4.68 Å². The van der Waals surface area contributed by atoms with Gasteiger partial charge in [0, 0.05) is 25.3 Å². The molecular formula is C14H18FN5. The van der Waals surface area contributed by atoms with Crippen molar-refractivity contribution in [1.29, 1.82) is 0 Å². The molecule has 2 aromatic rings. The molecule has 0 unspecified atom stereocenters. The minimum atomic E-state index is -0.355. The first kappa shape index (κ1) is 13.0. The van der Waals surface area contributed by atoms with Crippen LogP contribution in [-0.2, 0) is 0 Å². The predicted molar refractivity (Wildman–Crippen MR) is 75.0 cm³/mol. The van der Waals surface area contributed by atoms with Gasteiger partial charge in [0.2, 0.25) is 0 Å². The summed E-state index contributed by atoms with van der Waals surface area (Å²) in [6, 6.07) is 2.07. The minimum absolute atomic E-state index is 0.212. The zero-order valence-corrected chi connectivity index (χ0v) is 11.8. The molecule has 1 saturated heterocycles. The highest BCUT2D eigenvalue weighted by Crippen LogP contribution is 2.25. The average molecular weight is 275 g/mol. The Labute approximate surface area is 117 Å². The van der Waals surface area contributed by atoms with Gasteiger partial charge in [-0.25, -0.2) is 14.4 Å². The summed E-state index contributed by atoms with van der Waals surface area (Å²) in [5, 5.41) is 4.27. The van der Waals surface area contributed by atoms with Crippen molar-refractivity contribution in [2.24, 2.45) is 0 Å². The van der Waals surface area contributed by atoms with Crippen molar-refractivity contribution >= 4 is 5.82 Å². The third kappa shape index (κ3) is 2.26. The predicted octanol–water partition coefficient (Wildman–Crippen LogP) is 2.66. The van der Waals surface area contributed by atoms with Crippen LogP contribution in [0, 0.1) is 5.82 Å². The quantitative estimate of drug-likeness (QED) is 0.864. The lowest BCUT2D eigenvalue weighted by Crippen LogP contribution is -2.21. The van der Waals surface area contributed by atoms with Crippen LogP contribution < -0.4 is 4.90 Å². The van der Waals surface area contributed by atoms with E-state index in [1.807, 2.05) is 29.5 Å². The number of nitrogens with zero attached hydrogens (tertiary/aromatic N) is 5. The van der Waals surface area contributed by atoms with E-state index >= 15 is 0 Å². The summed E-state index contributed by atoms with van der Waals surface area (Å²) >= 11 is 0. The van der Waals surface area contributed by atoms with Gasteiger partial charge >= 0.3 is 0 Å². The minimum Gasteiger partial charge on any atom is -0.354 e. The van der Waals surface area contributed by atoms with Crippen molar-refractivity contribution in [3.63, 3.8) is 0 Å². The summed E-state index contributed by atoms with van der Waals surface area (Å²) in [6.07, 6.45) is 5.15. The van der Waals surface area contributed by atoms with E-state index in [9.17, 15) is 4.39 Å². The normalized spacial score (nSPS) is 15.3. The zero-order valence-electron chi connectivity index (χ0n) is 11.8. The van der Waals surface area contributed by atoms with E-state index in [2.05, 4.69) is 15.1 Å². The van der Waals surface area contributed by atoms with Crippen molar-refractivity contribution in [2.45, 2.75) is 32.7 Å². The Morgan fingerprint density at radius 1 is 1.25 bits per heavy atom. The van der Waals surface area contributed by atoms with Crippen LogP contribution in [0.15, 0.2) is 18.5 Å². The third-order valence-electron chi connectivity index (χ3n) is 3.52. The Morgan fingerprint density at radius 3 is 2.70 bits per heavy atom. The molecule has 0 bridgehead atoms. The van der Waals surface area contributed by atoms with Crippen LogP contribution in [-0.4, -0.2) is 32.8 Å². The monoisotopic (exact) mass is 275 g/mol. The number of hydrogen-bond donors (Lipinski definition) is 0. The highest BCUT2D eigenvalue weighted by atomic mass is 19.1. The first-order chi connectivity index (χ1) is 9.66. The van der Waals surface area contributed by atoms with Crippen LogP contribution >= 0.6 is 0 Å². The number of halogens is 1. The SMILES string of the molecule is CC(C)n1nccc1-c1ncc(F)c(N2CCCC2)n1. The molecule has 5 nitrogen and oxygen atoms in total. The van der Waals surface area contributed by atoms with E-state index in [0.717, 1.165) is 31.6 Å². The van der Waals surface area contributed by atoms with Crippen LogP contribution in [0.4, 0.5) is 10.2 Å². The van der Waals surface area contributed by atoms with Crippen LogP contribution in [0.3, 0.4) is 0 Å². The molecule has 0 saturated carbocycles. The molecule has 20 heavy (non-hydrogen) atoms. The summed E-state index contributed by atoms with van der Waals surface area (Å²) in [7, 11) is 0. The van der Waals surface area contributed by atoms with Gasteiger partial charge < -0.3 is 4.90 Å². The molecule has 0 radical (unpaired) electrons. The maximum Gasteiger partial charge on any atom is 0.183 e. The van der Waals surface area contributed by atoms with Gasteiger partial charge in [-0.15, -0.1) is 0 Å². The molecule has 3 heterocycles. The van der Waals surface area contributed by atoms with Crippen molar-refractivity contribution in [1.82, 2.24) is 19.7 Å². The number of anilines is 1. The highest BCUT2D eigenvalue weighted by molar-refractivity contribution is 5.53. The van der Waals surface area contributed by atoms with Crippen LogP contribution in [0.2, 0.25) is 0 Å². The summed E-state index contributed by atoms with van der Waals surface area (Å²) in [4.78, 5) is 10.5. The molecule has 1 aliphatic rings. The van der Waals surface area contributed by atoms with E-state index in [0.29, 0.717) is 11.6 Å². The molecule has 2 aromatic heterocycles. The van der Waals surface area contributed by atoms with Gasteiger partial charge in [-0.05, 0) is 32.8 Å². The highest BCUT2D eigenvalue weighted by Gasteiger charge is 2.20. The van der Waals surface area contributed by atoms with Crippen LogP contribution in [0.25, 0.3) is 11.5 Å². The molecule has 6 heteroatoms. The molecule has 0 atom stereocenters. The fraction of sp³-hybridized carbons (Fsp3) is 0.500. The lowest BCUT2D eigenvalue weighted by Gasteiger charge is -2.17. The Hall–Kier alpha value is -1.98. The topological polar surface area (TPSA) is 46.8 Å². The van der Waals surface area contributed by atoms with Crippen molar-refractivity contribution in [3.05, 3.63) is 24.3 Å².